The molecule has 0 amide bonds. The molecule has 0 saturated carbocycles. The van der Waals surface area contributed by atoms with E-state index >= 15 is 0 Å². The Morgan fingerprint density at radius 1 is 1.22 bits per heavy atom. The normalized spacial score (nSPS) is 11.9. The molecule has 1 aromatic heterocycles. The SMILES string of the molecule is CCS(=O)(=O)Nc1ccc(S(=O)(=O)Nc2nccs2)c(OC)c1. The highest BCUT2D eigenvalue weighted by atomic mass is 32.2. The number of hydrogen-bond donors (Lipinski definition) is 2. The maximum absolute atomic E-state index is 12.4. The molecule has 2 rings (SSSR count). The molecule has 0 radical (unpaired) electrons. The van der Waals surface area contributed by atoms with E-state index in [0.29, 0.717) is 0 Å². The Bertz CT molecular complexity index is 877. The van der Waals surface area contributed by atoms with E-state index in [9.17, 15) is 16.8 Å². The molecule has 8 nitrogen and oxygen atoms in total. The quantitative estimate of drug-likeness (QED) is 0.759. The van der Waals surface area contributed by atoms with Crippen molar-refractivity contribution < 1.29 is 21.6 Å². The third kappa shape index (κ3) is 4.33. The summed E-state index contributed by atoms with van der Waals surface area (Å²) in [5, 5.41) is 1.86. The average Bonchev–Trinajstić information content (AvgIpc) is 2.98. The number of benzene rings is 1. The Morgan fingerprint density at radius 3 is 2.52 bits per heavy atom. The summed E-state index contributed by atoms with van der Waals surface area (Å²) in [7, 11) is -6.06. The summed E-state index contributed by atoms with van der Waals surface area (Å²) in [5.41, 5.74) is 0.219. The molecule has 0 unspecified atom stereocenters. The predicted octanol–water partition coefficient (Wildman–Crippen LogP) is 1.71. The fourth-order valence-electron chi connectivity index (χ4n) is 1.65. The van der Waals surface area contributed by atoms with E-state index in [2.05, 4.69) is 14.4 Å². The summed E-state index contributed by atoms with van der Waals surface area (Å²) >= 11 is 1.14. The van der Waals surface area contributed by atoms with Gasteiger partial charge in [-0.25, -0.2) is 21.8 Å². The molecule has 0 bridgehead atoms. The number of nitrogens with zero attached hydrogens (tertiary/aromatic N) is 1. The molecule has 1 aromatic carbocycles. The van der Waals surface area contributed by atoms with E-state index < -0.39 is 20.0 Å². The second kappa shape index (κ2) is 6.72. The molecule has 2 aromatic rings. The van der Waals surface area contributed by atoms with Crippen molar-refractivity contribution in [3.8, 4) is 5.75 Å². The molecule has 23 heavy (non-hydrogen) atoms. The van der Waals surface area contributed by atoms with Crippen molar-refractivity contribution >= 4 is 42.2 Å². The molecule has 0 aliphatic heterocycles. The molecule has 126 valence electrons. The molecule has 1 heterocycles. The van der Waals surface area contributed by atoms with Gasteiger partial charge < -0.3 is 4.74 Å². The number of rotatable bonds is 7. The monoisotopic (exact) mass is 377 g/mol. The van der Waals surface area contributed by atoms with Gasteiger partial charge in [-0.2, -0.15) is 0 Å². The standard InChI is InChI=1S/C12H15N3O5S3/c1-3-22(16,17)14-9-4-5-11(10(8-9)20-2)23(18,19)15-12-13-6-7-21-12/h4-8,14H,3H2,1-2H3,(H,13,15). The van der Waals surface area contributed by atoms with Crippen LogP contribution < -0.4 is 14.2 Å². The Morgan fingerprint density at radius 2 is 1.96 bits per heavy atom. The summed E-state index contributed by atoms with van der Waals surface area (Å²) in [6.45, 7) is 1.50. The maximum Gasteiger partial charge on any atom is 0.267 e. The minimum atomic E-state index is -3.90. The third-order valence-corrected chi connectivity index (χ3v) is 6.26. The first kappa shape index (κ1) is 17.5. The average molecular weight is 377 g/mol. The largest absolute Gasteiger partial charge is 0.495 e. The van der Waals surface area contributed by atoms with Crippen LogP contribution >= 0.6 is 11.3 Å². The first-order valence-electron chi connectivity index (χ1n) is 6.38. The highest BCUT2D eigenvalue weighted by Gasteiger charge is 2.21. The second-order valence-corrected chi connectivity index (χ2v) is 8.87. The van der Waals surface area contributed by atoms with Gasteiger partial charge in [0, 0.05) is 17.6 Å². The minimum Gasteiger partial charge on any atom is -0.495 e. The van der Waals surface area contributed by atoms with Crippen LogP contribution in [-0.2, 0) is 20.0 Å². The van der Waals surface area contributed by atoms with Crippen molar-refractivity contribution in [2.75, 3.05) is 22.3 Å². The summed E-state index contributed by atoms with van der Waals surface area (Å²) in [6, 6.07) is 3.93. The van der Waals surface area contributed by atoms with Crippen LogP contribution in [0.5, 0.6) is 5.75 Å². The zero-order valence-electron chi connectivity index (χ0n) is 12.3. The third-order valence-electron chi connectivity index (χ3n) is 2.76. The number of anilines is 2. The molecule has 0 aliphatic rings. The number of methoxy groups -OCH3 is 1. The van der Waals surface area contributed by atoms with Crippen LogP contribution in [-0.4, -0.2) is 34.7 Å². The van der Waals surface area contributed by atoms with Gasteiger partial charge in [-0.1, -0.05) is 0 Å². The minimum absolute atomic E-state index is 0.0189. The van der Waals surface area contributed by atoms with E-state index in [0.717, 1.165) is 11.3 Å². The molecule has 11 heteroatoms. The lowest BCUT2D eigenvalue weighted by Gasteiger charge is -2.12. The van der Waals surface area contributed by atoms with Gasteiger partial charge >= 0.3 is 0 Å². The van der Waals surface area contributed by atoms with E-state index in [4.69, 9.17) is 4.74 Å². The molecule has 0 fully saturated rings. The smallest absolute Gasteiger partial charge is 0.267 e. The van der Waals surface area contributed by atoms with Gasteiger partial charge in [0.2, 0.25) is 10.0 Å². The lowest BCUT2D eigenvalue weighted by molar-refractivity contribution is 0.403. The zero-order valence-corrected chi connectivity index (χ0v) is 14.8. The molecular formula is C12H15N3O5S3. The van der Waals surface area contributed by atoms with E-state index in [-0.39, 0.29) is 27.2 Å². The van der Waals surface area contributed by atoms with Gasteiger partial charge in [0.15, 0.2) is 5.13 Å². The second-order valence-electron chi connectivity index (χ2n) is 4.31. The van der Waals surface area contributed by atoms with Crippen molar-refractivity contribution in [3.63, 3.8) is 0 Å². The van der Waals surface area contributed by atoms with Gasteiger partial charge in [-0.05, 0) is 19.1 Å². The first-order chi connectivity index (χ1) is 10.8. The van der Waals surface area contributed by atoms with Gasteiger partial charge in [0.1, 0.15) is 10.6 Å². The predicted molar refractivity (Wildman–Crippen MR) is 89.0 cm³/mol. The summed E-state index contributed by atoms with van der Waals surface area (Å²) in [5.74, 6) is -0.0774. The topological polar surface area (TPSA) is 114 Å². The molecular weight excluding hydrogens is 362 g/mol. The van der Waals surface area contributed by atoms with E-state index in [1.165, 1.54) is 38.4 Å². The van der Waals surface area contributed by atoms with Crippen molar-refractivity contribution in [1.82, 2.24) is 4.98 Å². The number of thiazole rings is 1. The van der Waals surface area contributed by atoms with Crippen molar-refractivity contribution in [2.45, 2.75) is 11.8 Å². The van der Waals surface area contributed by atoms with Gasteiger partial charge in [0.05, 0.1) is 18.6 Å². The van der Waals surface area contributed by atoms with Crippen LogP contribution in [0.1, 0.15) is 6.92 Å². The van der Waals surface area contributed by atoms with Gasteiger partial charge in [-0.3, -0.25) is 9.44 Å². The van der Waals surface area contributed by atoms with Crippen LogP contribution in [0.2, 0.25) is 0 Å². The number of sulfonamides is 2. The van der Waals surface area contributed by atoms with Crippen LogP contribution in [0.25, 0.3) is 0 Å². The van der Waals surface area contributed by atoms with E-state index in [1.807, 2.05) is 0 Å². The molecule has 0 atom stereocenters. The number of nitrogens with one attached hydrogen (secondary N) is 2. The molecule has 0 saturated heterocycles. The lowest BCUT2D eigenvalue weighted by atomic mass is 10.3. The van der Waals surface area contributed by atoms with Crippen LogP contribution in [0.3, 0.4) is 0 Å². The Labute approximate surface area is 138 Å². The first-order valence-corrected chi connectivity index (χ1v) is 10.4. The molecule has 0 aliphatic carbocycles. The highest BCUT2D eigenvalue weighted by Crippen LogP contribution is 2.29. The number of hydrogen-bond acceptors (Lipinski definition) is 7. The molecule has 2 N–H and O–H groups in total. The summed E-state index contributed by atoms with van der Waals surface area (Å²) < 4.78 is 57.6. The number of aromatic nitrogens is 1. The Balaban J connectivity index is 2.36. The maximum atomic E-state index is 12.4. The molecule has 0 spiro atoms. The Hall–Kier alpha value is -1.85. The zero-order chi connectivity index (χ0) is 17.1. The van der Waals surface area contributed by atoms with Crippen molar-refractivity contribution in [3.05, 3.63) is 29.8 Å². The van der Waals surface area contributed by atoms with Crippen molar-refractivity contribution in [2.24, 2.45) is 0 Å². The Kier molecular flexibility index (Phi) is 5.12. The summed E-state index contributed by atoms with van der Waals surface area (Å²) in [4.78, 5) is 3.74. The highest BCUT2D eigenvalue weighted by molar-refractivity contribution is 7.93. The number of ether oxygens (including phenoxy) is 1. The fourth-order valence-corrected chi connectivity index (χ4v) is 4.22. The lowest BCUT2D eigenvalue weighted by Crippen LogP contribution is -2.16. The van der Waals surface area contributed by atoms with Gasteiger partial charge in [-0.15, -0.1) is 11.3 Å². The summed E-state index contributed by atoms with van der Waals surface area (Å²) in [6.07, 6.45) is 1.47. The van der Waals surface area contributed by atoms with Crippen LogP contribution in [0, 0.1) is 0 Å². The van der Waals surface area contributed by atoms with Crippen LogP contribution in [0.4, 0.5) is 10.8 Å². The fraction of sp³-hybridized carbons (Fsp3) is 0.250. The van der Waals surface area contributed by atoms with E-state index in [1.54, 1.807) is 5.38 Å². The van der Waals surface area contributed by atoms with Gasteiger partial charge in [0.25, 0.3) is 10.0 Å². The van der Waals surface area contributed by atoms with Crippen LogP contribution in [0.15, 0.2) is 34.7 Å². The van der Waals surface area contributed by atoms with Crippen molar-refractivity contribution in [1.29, 1.82) is 0 Å².